The Balaban J connectivity index is 1.55. The Morgan fingerprint density at radius 3 is 2.53 bits per heavy atom. The summed E-state index contributed by atoms with van der Waals surface area (Å²) < 4.78 is 12.5. The second-order valence-corrected chi connectivity index (χ2v) is 8.37. The van der Waals surface area contributed by atoms with Crippen molar-refractivity contribution in [3.05, 3.63) is 52.5 Å². The number of fused-ring (bicyclic) bond motifs is 1. The summed E-state index contributed by atoms with van der Waals surface area (Å²) in [6.45, 7) is 9.10. The molecular formula is C24H31BrN2O3. The van der Waals surface area contributed by atoms with E-state index in [4.69, 9.17) is 9.47 Å². The monoisotopic (exact) mass is 474 g/mol. The molecule has 2 aromatic carbocycles. The molecule has 30 heavy (non-hydrogen) atoms. The lowest BCUT2D eigenvalue weighted by atomic mass is 10.0. The second-order valence-electron chi connectivity index (χ2n) is 7.45. The van der Waals surface area contributed by atoms with Crippen molar-refractivity contribution < 1.29 is 14.3 Å². The zero-order valence-corrected chi connectivity index (χ0v) is 19.5. The number of halogens is 1. The average Bonchev–Trinajstić information content (AvgIpc) is 2.77. The number of rotatable bonds is 9. The van der Waals surface area contributed by atoms with Crippen LogP contribution in [0.15, 0.2) is 46.9 Å². The highest BCUT2D eigenvalue weighted by atomic mass is 79.9. The first-order valence-corrected chi connectivity index (χ1v) is 11.6. The zero-order chi connectivity index (χ0) is 21.3. The molecule has 0 radical (unpaired) electrons. The van der Waals surface area contributed by atoms with Gasteiger partial charge in [-0.25, -0.2) is 4.79 Å². The Morgan fingerprint density at radius 2 is 1.80 bits per heavy atom. The first-order valence-electron chi connectivity index (χ1n) is 10.8. The third kappa shape index (κ3) is 6.22. The molecule has 0 unspecified atom stereocenters. The Kier molecular flexibility index (Phi) is 8.58. The molecule has 6 heteroatoms. The molecule has 2 aromatic rings. The number of aryl methyl sites for hydroxylation is 1. The van der Waals surface area contributed by atoms with Crippen molar-refractivity contribution in [3.63, 3.8) is 0 Å². The van der Waals surface area contributed by atoms with Gasteiger partial charge in [-0.1, -0.05) is 29.8 Å². The molecule has 1 heterocycles. The average molecular weight is 475 g/mol. The fourth-order valence-corrected chi connectivity index (χ4v) is 3.94. The Hall–Kier alpha value is -2.05. The predicted molar refractivity (Wildman–Crippen MR) is 125 cm³/mol. The summed E-state index contributed by atoms with van der Waals surface area (Å²) in [5, 5.41) is 0. The molecule has 0 aliphatic carbocycles. The van der Waals surface area contributed by atoms with E-state index in [0.717, 1.165) is 73.4 Å². The lowest BCUT2D eigenvalue weighted by Crippen LogP contribution is -2.37. The lowest BCUT2D eigenvalue weighted by Gasteiger charge is -2.29. The van der Waals surface area contributed by atoms with Crippen LogP contribution in [0, 0.1) is 0 Å². The first-order chi connectivity index (χ1) is 14.6. The van der Waals surface area contributed by atoms with E-state index in [2.05, 4.69) is 40.7 Å². The van der Waals surface area contributed by atoms with Crippen LogP contribution in [0.4, 0.5) is 10.5 Å². The van der Waals surface area contributed by atoms with Gasteiger partial charge < -0.3 is 14.4 Å². The maximum atomic E-state index is 12.7. The summed E-state index contributed by atoms with van der Waals surface area (Å²) in [7, 11) is 0. The fourth-order valence-electron chi connectivity index (χ4n) is 3.68. The number of carbonyl (C=O) groups excluding carboxylic acids is 1. The molecule has 0 bridgehead atoms. The number of benzene rings is 2. The van der Waals surface area contributed by atoms with Gasteiger partial charge in [0.1, 0.15) is 11.5 Å². The third-order valence-corrected chi connectivity index (χ3v) is 5.97. The van der Waals surface area contributed by atoms with Crippen LogP contribution >= 0.6 is 15.9 Å². The molecule has 0 aromatic heterocycles. The van der Waals surface area contributed by atoms with Crippen LogP contribution < -0.4 is 14.4 Å². The molecule has 3 rings (SSSR count). The van der Waals surface area contributed by atoms with Crippen molar-refractivity contribution in [2.45, 2.75) is 39.5 Å². The molecule has 0 atom stereocenters. The number of hydrogen-bond donors (Lipinski definition) is 0. The first kappa shape index (κ1) is 22.6. The van der Waals surface area contributed by atoms with Crippen LogP contribution in [-0.2, 0) is 6.42 Å². The summed E-state index contributed by atoms with van der Waals surface area (Å²) in [5.41, 5.74) is 2.05. The van der Waals surface area contributed by atoms with E-state index in [1.54, 1.807) is 17.0 Å². The van der Waals surface area contributed by atoms with Crippen LogP contribution in [0.25, 0.3) is 0 Å². The number of unbranched alkanes of at least 4 members (excludes halogenated alkanes) is 1. The second kappa shape index (κ2) is 11.4. The van der Waals surface area contributed by atoms with Crippen molar-refractivity contribution in [2.75, 3.05) is 37.7 Å². The largest absolute Gasteiger partial charge is 0.494 e. The van der Waals surface area contributed by atoms with E-state index in [1.165, 1.54) is 0 Å². The molecule has 1 aliphatic rings. The SMILES string of the molecule is CCN(CC)CCCCOc1ccc2c(c1)CCCN2C(=O)Oc1ccc(Br)cc1. The summed E-state index contributed by atoms with van der Waals surface area (Å²) in [5.74, 6) is 1.42. The lowest BCUT2D eigenvalue weighted by molar-refractivity contribution is 0.207. The van der Waals surface area contributed by atoms with Gasteiger partial charge in [-0.05, 0) is 93.3 Å². The minimum absolute atomic E-state index is 0.344. The highest BCUT2D eigenvalue weighted by Crippen LogP contribution is 2.31. The van der Waals surface area contributed by atoms with Gasteiger partial charge in [0.25, 0.3) is 0 Å². The van der Waals surface area contributed by atoms with E-state index in [0.29, 0.717) is 12.3 Å². The molecule has 0 saturated carbocycles. The number of carbonyl (C=O) groups is 1. The smallest absolute Gasteiger partial charge is 0.419 e. The van der Waals surface area contributed by atoms with Gasteiger partial charge in [0.05, 0.1) is 12.3 Å². The summed E-state index contributed by atoms with van der Waals surface area (Å²) in [6.07, 6.45) is 3.69. The van der Waals surface area contributed by atoms with E-state index in [-0.39, 0.29) is 6.09 Å². The summed E-state index contributed by atoms with van der Waals surface area (Å²) in [6, 6.07) is 13.3. The Labute approximate surface area is 188 Å². The molecule has 1 amide bonds. The van der Waals surface area contributed by atoms with Crippen molar-refractivity contribution in [3.8, 4) is 11.5 Å². The fraction of sp³-hybridized carbons (Fsp3) is 0.458. The normalized spacial score (nSPS) is 13.3. The number of nitrogens with zero attached hydrogens (tertiary/aromatic N) is 2. The van der Waals surface area contributed by atoms with Gasteiger partial charge in [-0.15, -0.1) is 0 Å². The van der Waals surface area contributed by atoms with Crippen molar-refractivity contribution >= 4 is 27.7 Å². The van der Waals surface area contributed by atoms with Gasteiger partial charge in [0, 0.05) is 11.0 Å². The van der Waals surface area contributed by atoms with Gasteiger partial charge in [0.2, 0.25) is 0 Å². The molecule has 5 nitrogen and oxygen atoms in total. The molecule has 0 fully saturated rings. The predicted octanol–water partition coefficient (Wildman–Crippen LogP) is 5.90. The van der Waals surface area contributed by atoms with Crippen LogP contribution in [0.1, 0.15) is 38.7 Å². The summed E-state index contributed by atoms with van der Waals surface area (Å²) in [4.78, 5) is 16.9. The van der Waals surface area contributed by atoms with E-state index in [1.807, 2.05) is 24.3 Å². The molecular weight excluding hydrogens is 444 g/mol. The third-order valence-electron chi connectivity index (χ3n) is 5.44. The minimum atomic E-state index is -0.344. The molecule has 0 spiro atoms. The highest BCUT2D eigenvalue weighted by Gasteiger charge is 2.24. The molecule has 0 saturated heterocycles. The van der Waals surface area contributed by atoms with Crippen LogP contribution in [-0.4, -0.2) is 43.8 Å². The molecule has 162 valence electrons. The topological polar surface area (TPSA) is 42.0 Å². The number of hydrogen-bond acceptors (Lipinski definition) is 4. The number of ether oxygens (including phenoxy) is 2. The van der Waals surface area contributed by atoms with Gasteiger partial charge >= 0.3 is 6.09 Å². The van der Waals surface area contributed by atoms with Crippen LogP contribution in [0.3, 0.4) is 0 Å². The van der Waals surface area contributed by atoms with Crippen molar-refractivity contribution in [2.24, 2.45) is 0 Å². The highest BCUT2D eigenvalue weighted by molar-refractivity contribution is 9.10. The molecule has 0 N–H and O–H groups in total. The molecule has 1 aliphatic heterocycles. The number of anilines is 1. The van der Waals surface area contributed by atoms with Gasteiger partial charge in [-0.2, -0.15) is 0 Å². The van der Waals surface area contributed by atoms with Gasteiger partial charge in [-0.3, -0.25) is 4.90 Å². The number of amides is 1. The van der Waals surface area contributed by atoms with Crippen LogP contribution in [0.5, 0.6) is 11.5 Å². The summed E-state index contributed by atoms with van der Waals surface area (Å²) >= 11 is 3.39. The van der Waals surface area contributed by atoms with E-state index >= 15 is 0 Å². The van der Waals surface area contributed by atoms with E-state index in [9.17, 15) is 4.79 Å². The maximum absolute atomic E-state index is 12.7. The minimum Gasteiger partial charge on any atom is -0.494 e. The van der Waals surface area contributed by atoms with Crippen molar-refractivity contribution in [1.82, 2.24) is 4.90 Å². The zero-order valence-electron chi connectivity index (χ0n) is 17.9. The van der Waals surface area contributed by atoms with Crippen LogP contribution in [0.2, 0.25) is 0 Å². The van der Waals surface area contributed by atoms with E-state index < -0.39 is 0 Å². The Morgan fingerprint density at radius 1 is 1.07 bits per heavy atom. The van der Waals surface area contributed by atoms with Gasteiger partial charge in [0.15, 0.2) is 0 Å². The van der Waals surface area contributed by atoms with Crippen molar-refractivity contribution in [1.29, 1.82) is 0 Å². The quantitative estimate of drug-likeness (QED) is 0.424. The standard InChI is InChI=1S/C24H31BrN2O3/c1-3-26(4-2)15-5-6-17-29-22-13-14-23-19(18-22)8-7-16-27(23)24(28)30-21-11-9-20(25)10-12-21/h9-14,18H,3-8,15-17H2,1-2H3. The maximum Gasteiger partial charge on any atom is 0.419 e. The Bertz CT molecular complexity index is 822.